The normalized spacial score (nSPS) is 11.3. The van der Waals surface area contributed by atoms with E-state index < -0.39 is 11.6 Å². The van der Waals surface area contributed by atoms with Gasteiger partial charge in [0.05, 0.1) is 35.9 Å². The van der Waals surface area contributed by atoms with Crippen LogP contribution in [0.1, 0.15) is 12.6 Å². The average molecular weight is 262 g/mol. The Morgan fingerprint density at radius 2 is 1.89 bits per heavy atom. The summed E-state index contributed by atoms with van der Waals surface area (Å²) in [5, 5.41) is 0. The van der Waals surface area contributed by atoms with Crippen molar-refractivity contribution < 1.29 is 8.78 Å². The van der Waals surface area contributed by atoms with Crippen LogP contribution in [0.2, 0.25) is 0 Å². The lowest BCUT2D eigenvalue weighted by molar-refractivity contribution is 0.510. The monoisotopic (exact) mass is 262 g/mol. The van der Waals surface area contributed by atoms with Gasteiger partial charge in [-0.1, -0.05) is 0 Å². The van der Waals surface area contributed by atoms with E-state index in [4.69, 9.17) is 0 Å². The fraction of sp³-hybridized carbons (Fsp3) is 0.231. The van der Waals surface area contributed by atoms with Crippen LogP contribution in [-0.2, 0) is 13.1 Å². The second-order valence-electron chi connectivity index (χ2n) is 4.30. The third-order valence-corrected chi connectivity index (χ3v) is 3.13. The molecular weight excluding hydrogens is 250 g/mol. The molecule has 3 rings (SSSR count). The van der Waals surface area contributed by atoms with E-state index in [1.807, 2.05) is 11.5 Å². The first-order valence-electron chi connectivity index (χ1n) is 5.98. The Balaban J connectivity index is 2.04. The molecular formula is C13H12F2N4. The number of aryl methyl sites for hydroxylation is 1. The molecule has 0 atom stereocenters. The number of halogens is 2. The summed E-state index contributed by atoms with van der Waals surface area (Å²) in [7, 11) is 0. The van der Waals surface area contributed by atoms with Crippen LogP contribution in [-0.4, -0.2) is 19.1 Å². The summed E-state index contributed by atoms with van der Waals surface area (Å²) in [6.07, 6.45) is 5.08. The van der Waals surface area contributed by atoms with E-state index in [2.05, 4.69) is 9.97 Å². The van der Waals surface area contributed by atoms with Gasteiger partial charge in [-0.3, -0.25) is 0 Å². The van der Waals surface area contributed by atoms with Crippen LogP contribution in [0, 0.1) is 11.6 Å². The van der Waals surface area contributed by atoms with E-state index in [9.17, 15) is 8.78 Å². The van der Waals surface area contributed by atoms with Crippen LogP contribution in [0.4, 0.5) is 8.78 Å². The van der Waals surface area contributed by atoms with E-state index in [1.54, 1.807) is 23.4 Å². The number of hydrogen-bond donors (Lipinski definition) is 0. The Labute approximate surface area is 108 Å². The smallest absolute Gasteiger partial charge is 0.161 e. The number of nitrogens with zero attached hydrogens (tertiary/aromatic N) is 4. The van der Waals surface area contributed by atoms with Gasteiger partial charge in [0.25, 0.3) is 0 Å². The zero-order valence-electron chi connectivity index (χ0n) is 10.3. The highest BCUT2D eigenvalue weighted by Crippen LogP contribution is 2.18. The second-order valence-corrected chi connectivity index (χ2v) is 4.30. The molecule has 4 nitrogen and oxygen atoms in total. The minimum atomic E-state index is -0.878. The Hall–Kier alpha value is -2.24. The van der Waals surface area contributed by atoms with Gasteiger partial charge in [-0.15, -0.1) is 0 Å². The average Bonchev–Trinajstić information content (AvgIpc) is 2.99. The van der Waals surface area contributed by atoms with Crippen LogP contribution in [0.25, 0.3) is 11.0 Å². The molecule has 19 heavy (non-hydrogen) atoms. The summed E-state index contributed by atoms with van der Waals surface area (Å²) in [5.41, 5.74) is 2.01. The SMILES string of the molecule is CCn1cncc1Cn1cnc2cc(F)c(F)cc21. The molecule has 98 valence electrons. The molecule has 0 fully saturated rings. The third kappa shape index (κ3) is 1.99. The summed E-state index contributed by atoms with van der Waals surface area (Å²) < 4.78 is 30.2. The van der Waals surface area contributed by atoms with Crippen molar-refractivity contribution in [2.75, 3.05) is 0 Å². The summed E-state index contributed by atoms with van der Waals surface area (Å²) >= 11 is 0. The number of imidazole rings is 2. The van der Waals surface area contributed by atoms with Crippen LogP contribution in [0.15, 0.2) is 31.0 Å². The Morgan fingerprint density at radius 3 is 2.68 bits per heavy atom. The van der Waals surface area contributed by atoms with Crippen LogP contribution in [0.5, 0.6) is 0 Å². The predicted molar refractivity (Wildman–Crippen MR) is 66.7 cm³/mol. The van der Waals surface area contributed by atoms with E-state index >= 15 is 0 Å². The fourth-order valence-electron chi connectivity index (χ4n) is 2.12. The Kier molecular flexibility index (Phi) is 2.77. The van der Waals surface area contributed by atoms with Crippen molar-refractivity contribution in [1.82, 2.24) is 19.1 Å². The zero-order chi connectivity index (χ0) is 13.4. The van der Waals surface area contributed by atoms with Gasteiger partial charge in [0.15, 0.2) is 11.6 Å². The van der Waals surface area contributed by atoms with Gasteiger partial charge in [0, 0.05) is 24.9 Å². The standard InChI is InChI=1S/C13H12F2N4/c1-2-18-7-16-5-9(18)6-19-8-17-12-3-10(14)11(15)4-13(12)19/h3-5,7-8H,2,6H2,1H3. The van der Waals surface area contributed by atoms with Crippen molar-refractivity contribution in [2.45, 2.75) is 20.0 Å². The highest BCUT2D eigenvalue weighted by Gasteiger charge is 2.10. The maximum atomic E-state index is 13.3. The molecule has 0 aliphatic carbocycles. The molecule has 0 unspecified atom stereocenters. The van der Waals surface area contributed by atoms with Crippen molar-refractivity contribution in [1.29, 1.82) is 0 Å². The fourth-order valence-corrected chi connectivity index (χ4v) is 2.12. The van der Waals surface area contributed by atoms with E-state index in [0.717, 1.165) is 18.3 Å². The van der Waals surface area contributed by atoms with E-state index in [1.165, 1.54) is 6.07 Å². The quantitative estimate of drug-likeness (QED) is 0.727. The second kappa shape index (κ2) is 4.46. The minimum absolute atomic E-state index is 0.446. The number of aromatic nitrogens is 4. The minimum Gasteiger partial charge on any atom is -0.333 e. The molecule has 0 aliphatic rings. The summed E-state index contributed by atoms with van der Waals surface area (Å²) in [4.78, 5) is 8.16. The topological polar surface area (TPSA) is 35.6 Å². The molecule has 0 spiro atoms. The van der Waals surface area contributed by atoms with Crippen LogP contribution in [0.3, 0.4) is 0 Å². The van der Waals surface area contributed by atoms with Gasteiger partial charge < -0.3 is 9.13 Å². The molecule has 1 aromatic carbocycles. The van der Waals surface area contributed by atoms with Gasteiger partial charge in [-0.05, 0) is 6.92 Å². The molecule has 0 N–H and O–H groups in total. The van der Waals surface area contributed by atoms with Crippen LogP contribution >= 0.6 is 0 Å². The number of rotatable bonds is 3. The molecule has 0 aliphatic heterocycles. The lowest BCUT2D eigenvalue weighted by atomic mass is 10.3. The Morgan fingerprint density at radius 1 is 1.11 bits per heavy atom. The highest BCUT2D eigenvalue weighted by atomic mass is 19.2. The molecule has 6 heteroatoms. The van der Waals surface area contributed by atoms with E-state index in [0.29, 0.717) is 17.6 Å². The van der Waals surface area contributed by atoms with Gasteiger partial charge in [-0.2, -0.15) is 0 Å². The maximum Gasteiger partial charge on any atom is 0.161 e. The summed E-state index contributed by atoms with van der Waals surface area (Å²) in [6, 6.07) is 2.28. The van der Waals surface area contributed by atoms with Gasteiger partial charge in [0.2, 0.25) is 0 Å². The van der Waals surface area contributed by atoms with Gasteiger partial charge in [-0.25, -0.2) is 18.7 Å². The van der Waals surface area contributed by atoms with Gasteiger partial charge in [0.1, 0.15) is 0 Å². The number of hydrogen-bond acceptors (Lipinski definition) is 2. The predicted octanol–water partition coefficient (Wildman–Crippen LogP) is 2.58. The van der Waals surface area contributed by atoms with Crippen molar-refractivity contribution >= 4 is 11.0 Å². The third-order valence-electron chi connectivity index (χ3n) is 3.13. The first-order valence-corrected chi connectivity index (χ1v) is 5.98. The number of benzene rings is 1. The highest BCUT2D eigenvalue weighted by molar-refractivity contribution is 5.75. The summed E-state index contributed by atoms with van der Waals surface area (Å²) in [6.45, 7) is 3.35. The lowest BCUT2D eigenvalue weighted by Crippen LogP contribution is -2.05. The van der Waals surface area contributed by atoms with Crippen LogP contribution < -0.4 is 0 Å². The van der Waals surface area contributed by atoms with Crippen molar-refractivity contribution in [3.05, 3.63) is 48.3 Å². The van der Waals surface area contributed by atoms with Crippen molar-refractivity contribution in [3.63, 3.8) is 0 Å². The Bertz CT molecular complexity index is 729. The lowest BCUT2D eigenvalue weighted by Gasteiger charge is -2.07. The zero-order valence-corrected chi connectivity index (χ0v) is 10.3. The van der Waals surface area contributed by atoms with Gasteiger partial charge >= 0.3 is 0 Å². The van der Waals surface area contributed by atoms with E-state index in [-0.39, 0.29) is 0 Å². The molecule has 3 aromatic rings. The molecule has 2 aromatic heterocycles. The molecule has 0 radical (unpaired) electrons. The molecule has 2 heterocycles. The molecule has 0 bridgehead atoms. The molecule has 0 saturated carbocycles. The number of fused-ring (bicyclic) bond motifs is 1. The molecule has 0 amide bonds. The van der Waals surface area contributed by atoms with Crippen molar-refractivity contribution in [2.24, 2.45) is 0 Å². The maximum absolute atomic E-state index is 13.3. The first kappa shape index (κ1) is 11.8. The molecule has 0 saturated heterocycles. The first-order chi connectivity index (χ1) is 9.19. The van der Waals surface area contributed by atoms with Crippen molar-refractivity contribution in [3.8, 4) is 0 Å². The summed E-state index contributed by atoms with van der Waals surface area (Å²) in [5.74, 6) is -1.74. The largest absolute Gasteiger partial charge is 0.333 e.